The minimum atomic E-state index is 0.0132. The monoisotopic (exact) mass is 220 g/mol. The lowest BCUT2D eigenvalue weighted by Gasteiger charge is -2.07. The summed E-state index contributed by atoms with van der Waals surface area (Å²) in [5.41, 5.74) is 3.11. The molecule has 16 heavy (non-hydrogen) atoms. The summed E-state index contributed by atoms with van der Waals surface area (Å²) in [6.45, 7) is 5.71. The first kappa shape index (κ1) is 12.7. The molecule has 0 aliphatic carbocycles. The smallest absolute Gasteiger partial charge is 0.251 e. The first-order chi connectivity index (χ1) is 7.65. The lowest BCUT2D eigenvalue weighted by atomic mass is 10.1. The number of benzene rings is 1. The van der Waals surface area contributed by atoms with Gasteiger partial charge in [-0.05, 0) is 57.1 Å². The van der Waals surface area contributed by atoms with Crippen molar-refractivity contribution in [2.75, 3.05) is 20.1 Å². The van der Waals surface area contributed by atoms with Crippen molar-refractivity contribution in [3.8, 4) is 0 Å². The van der Waals surface area contributed by atoms with Gasteiger partial charge in [0.1, 0.15) is 0 Å². The molecule has 2 N–H and O–H groups in total. The van der Waals surface area contributed by atoms with Crippen LogP contribution in [0.5, 0.6) is 0 Å². The molecular formula is C13H20N2O. The number of nitrogens with one attached hydrogen (secondary N) is 2. The number of carbonyl (C=O) groups excluding carboxylic acids is 1. The third-order valence-corrected chi connectivity index (χ3v) is 2.66. The fraction of sp³-hybridized carbons (Fsp3) is 0.462. The maximum absolute atomic E-state index is 11.7. The number of carbonyl (C=O) groups is 1. The van der Waals surface area contributed by atoms with Crippen molar-refractivity contribution >= 4 is 5.91 Å². The van der Waals surface area contributed by atoms with Gasteiger partial charge >= 0.3 is 0 Å². The molecule has 1 amide bonds. The van der Waals surface area contributed by atoms with Gasteiger partial charge in [0.05, 0.1) is 0 Å². The van der Waals surface area contributed by atoms with Crippen LogP contribution in [0.25, 0.3) is 0 Å². The number of hydrogen-bond donors (Lipinski definition) is 2. The van der Waals surface area contributed by atoms with E-state index < -0.39 is 0 Å². The maximum Gasteiger partial charge on any atom is 0.251 e. The minimum absolute atomic E-state index is 0.0132. The van der Waals surface area contributed by atoms with Gasteiger partial charge in [-0.1, -0.05) is 6.07 Å². The normalized spacial score (nSPS) is 10.2. The molecule has 1 aromatic rings. The molecule has 0 bridgehead atoms. The molecule has 0 atom stereocenters. The van der Waals surface area contributed by atoms with Gasteiger partial charge in [0, 0.05) is 12.1 Å². The summed E-state index contributed by atoms with van der Waals surface area (Å²) in [6, 6.07) is 5.79. The summed E-state index contributed by atoms with van der Waals surface area (Å²) in [5.74, 6) is 0.0132. The molecule has 1 rings (SSSR count). The number of hydrogen-bond acceptors (Lipinski definition) is 2. The summed E-state index contributed by atoms with van der Waals surface area (Å²) in [5, 5.41) is 5.95. The summed E-state index contributed by atoms with van der Waals surface area (Å²) in [7, 11) is 1.91. The van der Waals surface area contributed by atoms with Crippen molar-refractivity contribution in [3.63, 3.8) is 0 Å². The largest absolute Gasteiger partial charge is 0.352 e. The van der Waals surface area contributed by atoms with Gasteiger partial charge in [0.2, 0.25) is 0 Å². The van der Waals surface area contributed by atoms with Crippen LogP contribution in [0.1, 0.15) is 27.9 Å². The Bertz CT molecular complexity index is 361. The van der Waals surface area contributed by atoms with E-state index in [1.165, 1.54) is 5.56 Å². The van der Waals surface area contributed by atoms with Crippen molar-refractivity contribution in [2.24, 2.45) is 0 Å². The molecule has 0 aromatic heterocycles. The van der Waals surface area contributed by atoms with Gasteiger partial charge in [0.15, 0.2) is 0 Å². The Morgan fingerprint density at radius 2 is 1.94 bits per heavy atom. The topological polar surface area (TPSA) is 41.1 Å². The van der Waals surface area contributed by atoms with Gasteiger partial charge in [-0.3, -0.25) is 4.79 Å². The first-order valence-corrected chi connectivity index (χ1v) is 5.65. The quantitative estimate of drug-likeness (QED) is 0.741. The van der Waals surface area contributed by atoms with Crippen LogP contribution in [-0.2, 0) is 0 Å². The Hall–Kier alpha value is -1.35. The lowest BCUT2D eigenvalue weighted by molar-refractivity contribution is 0.0953. The zero-order valence-corrected chi connectivity index (χ0v) is 10.3. The fourth-order valence-corrected chi connectivity index (χ4v) is 1.45. The SMILES string of the molecule is CNCCCNC(=O)c1ccc(C)c(C)c1. The van der Waals surface area contributed by atoms with Crippen molar-refractivity contribution in [1.82, 2.24) is 10.6 Å². The summed E-state index contributed by atoms with van der Waals surface area (Å²) < 4.78 is 0. The second kappa shape index (κ2) is 6.28. The van der Waals surface area contributed by atoms with Crippen LogP contribution in [0.2, 0.25) is 0 Å². The Balaban J connectivity index is 2.50. The van der Waals surface area contributed by atoms with Crippen LogP contribution in [0.4, 0.5) is 0 Å². The molecule has 0 fully saturated rings. The third kappa shape index (κ3) is 3.66. The van der Waals surface area contributed by atoms with Crippen LogP contribution in [0.3, 0.4) is 0 Å². The predicted molar refractivity (Wildman–Crippen MR) is 66.8 cm³/mol. The average Bonchev–Trinajstić information content (AvgIpc) is 2.28. The van der Waals surface area contributed by atoms with Gasteiger partial charge in [-0.2, -0.15) is 0 Å². The number of amides is 1. The lowest BCUT2D eigenvalue weighted by Crippen LogP contribution is -2.26. The summed E-state index contributed by atoms with van der Waals surface area (Å²) in [6.07, 6.45) is 0.951. The second-order valence-corrected chi connectivity index (χ2v) is 4.01. The number of aryl methyl sites for hydroxylation is 2. The molecule has 0 unspecified atom stereocenters. The summed E-state index contributed by atoms with van der Waals surface area (Å²) >= 11 is 0. The van der Waals surface area contributed by atoms with E-state index in [2.05, 4.69) is 10.6 Å². The van der Waals surface area contributed by atoms with Gasteiger partial charge in [-0.15, -0.1) is 0 Å². The van der Waals surface area contributed by atoms with Crippen LogP contribution in [0, 0.1) is 13.8 Å². The highest BCUT2D eigenvalue weighted by atomic mass is 16.1. The molecule has 3 heteroatoms. The zero-order valence-electron chi connectivity index (χ0n) is 10.3. The molecule has 0 saturated heterocycles. The minimum Gasteiger partial charge on any atom is -0.352 e. The van der Waals surface area contributed by atoms with Crippen LogP contribution < -0.4 is 10.6 Å². The van der Waals surface area contributed by atoms with Crippen LogP contribution >= 0.6 is 0 Å². The van der Waals surface area contributed by atoms with Crippen molar-refractivity contribution < 1.29 is 4.79 Å². The zero-order chi connectivity index (χ0) is 12.0. The third-order valence-electron chi connectivity index (χ3n) is 2.66. The summed E-state index contributed by atoms with van der Waals surface area (Å²) in [4.78, 5) is 11.7. The molecule has 1 aromatic carbocycles. The highest BCUT2D eigenvalue weighted by Gasteiger charge is 2.05. The Kier molecular flexibility index (Phi) is 4.99. The van der Waals surface area contributed by atoms with Crippen LogP contribution in [-0.4, -0.2) is 26.0 Å². The average molecular weight is 220 g/mol. The molecule has 0 radical (unpaired) electrons. The highest BCUT2D eigenvalue weighted by molar-refractivity contribution is 5.94. The van der Waals surface area contributed by atoms with E-state index >= 15 is 0 Å². The molecule has 0 aliphatic rings. The maximum atomic E-state index is 11.7. The molecule has 3 nitrogen and oxygen atoms in total. The van der Waals surface area contributed by atoms with Crippen molar-refractivity contribution in [1.29, 1.82) is 0 Å². The van der Waals surface area contributed by atoms with Gasteiger partial charge in [0.25, 0.3) is 5.91 Å². The Morgan fingerprint density at radius 1 is 1.19 bits per heavy atom. The molecule has 0 aliphatic heterocycles. The van der Waals surface area contributed by atoms with E-state index in [1.807, 2.05) is 39.1 Å². The van der Waals surface area contributed by atoms with Gasteiger partial charge < -0.3 is 10.6 Å². The van der Waals surface area contributed by atoms with Crippen molar-refractivity contribution in [2.45, 2.75) is 20.3 Å². The van der Waals surface area contributed by atoms with Crippen molar-refractivity contribution in [3.05, 3.63) is 34.9 Å². The molecule has 0 heterocycles. The standard InChI is InChI=1S/C13H20N2O/c1-10-5-6-12(9-11(10)2)13(16)15-8-4-7-14-3/h5-6,9,14H,4,7-8H2,1-3H3,(H,15,16). The Morgan fingerprint density at radius 3 is 2.56 bits per heavy atom. The van der Waals surface area contributed by atoms with Gasteiger partial charge in [-0.25, -0.2) is 0 Å². The van der Waals surface area contributed by atoms with E-state index in [9.17, 15) is 4.79 Å². The number of rotatable bonds is 5. The fourth-order valence-electron chi connectivity index (χ4n) is 1.45. The van der Waals surface area contributed by atoms with E-state index in [-0.39, 0.29) is 5.91 Å². The second-order valence-electron chi connectivity index (χ2n) is 4.01. The van der Waals surface area contributed by atoms with E-state index in [0.717, 1.165) is 24.1 Å². The first-order valence-electron chi connectivity index (χ1n) is 5.65. The molecule has 0 saturated carbocycles. The van der Waals surface area contributed by atoms with Crippen LogP contribution in [0.15, 0.2) is 18.2 Å². The molecular weight excluding hydrogens is 200 g/mol. The predicted octanol–water partition coefficient (Wildman–Crippen LogP) is 1.64. The van der Waals surface area contributed by atoms with E-state index in [4.69, 9.17) is 0 Å². The van der Waals surface area contributed by atoms with E-state index in [0.29, 0.717) is 6.54 Å². The molecule has 88 valence electrons. The van der Waals surface area contributed by atoms with E-state index in [1.54, 1.807) is 0 Å². The highest BCUT2D eigenvalue weighted by Crippen LogP contribution is 2.09. The Labute approximate surface area is 97.2 Å². The molecule has 0 spiro atoms.